The van der Waals surface area contributed by atoms with E-state index < -0.39 is 0 Å². The number of hydrogen-bond donors (Lipinski definition) is 0. The van der Waals surface area contributed by atoms with Crippen LogP contribution < -0.4 is 4.74 Å². The lowest BCUT2D eigenvalue weighted by Crippen LogP contribution is -2.30. The Hall–Kier alpha value is -1.51. The number of carbonyl (C=O) groups excluding carboxylic acids is 1. The van der Waals surface area contributed by atoms with Gasteiger partial charge in [-0.25, -0.2) is 0 Å². The number of nitrogens with zero attached hydrogens (tertiary/aromatic N) is 1. The summed E-state index contributed by atoms with van der Waals surface area (Å²) in [6, 6.07) is 6.40. The summed E-state index contributed by atoms with van der Waals surface area (Å²) in [7, 11) is 3.56. The van der Waals surface area contributed by atoms with Crippen molar-refractivity contribution in [2.24, 2.45) is 0 Å². The van der Waals surface area contributed by atoms with Gasteiger partial charge in [0.05, 0.1) is 13.5 Å². The smallest absolute Gasteiger partial charge is 0.226 e. The quantitative estimate of drug-likeness (QED) is 0.797. The number of hydrogen-bond acceptors (Lipinski definition) is 2. The van der Waals surface area contributed by atoms with Crippen LogP contribution >= 0.6 is 0 Å². The number of methoxy groups -OCH3 is 1. The predicted molar refractivity (Wildman–Crippen MR) is 67.2 cm³/mol. The summed E-state index contributed by atoms with van der Waals surface area (Å²) in [5, 5.41) is 0. The van der Waals surface area contributed by atoms with Gasteiger partial charge >= 0.3 is 0 Å². The maximum atomic E-state index is 12.0. The number of benzene rings is 1. The van der Waals surface area contributed by atoms with E-state index in [1.807, 2.05) is 37.1 Å². The molecule has 1 amide bonds. The minimum atomic E-state index is 0.206. The second kappa shape index (κ2) is 4.78. The minimum absolute atomic E-state index is 0.206. The summed E-state index contributed by atoms with van der Waals surface area (Å²) in [6.45, 7) is 2.00. The largest absolute Gasteiger partial charge is 0.496 e. The zero-order chi connectivity index (χ0) is 12.4. The Morgan fingerprint density at radius 1 is 1.47 bits per heavy atom. The molecule has 1 aromatic carbocycles. The first-order valence-corrected chi connectivity index (χ1v) is 6.01. The fourth-order valence-corrected chi connectivity index (χ4v) is 2.02. The second-order valence-corrected chi connectivity index (χ2v) is 4.72. The molecule has 0 heterocycles. The SMILES string of the molecule is COc1ccc(CC(=O)N(C)C2CC2)cc1C. The van der Waals surface area contributed by atoms with E-state index >= 15 is 0 Å². The molecule has 0 bridgehead atoms. The maximum absolute atomic E-state index is 12.0. The van der Waals surface area contributed by atoms with Crippen molar-refractivity contribution in [3.8, 4) is 5.75 Å². The van der Waals surface area contributed by atoms with Gasteiger partial charge in [-0.1, -0.05) is 12.1 Å². The number of likely N-dealkylation sites (N-methyl/N-ethyl adjacent to an activating group) is 1. The Morgan fingerprint density at radius 2 is 2.18 bits per heavy atom. The topological polar surface area (TPSA) is 29.5 Å². The first-order chi connectivity index (χ1) is 8.11. The van der Waals surface area contributed by atoms with Crippen molar-refractivity contribution in [1.82, 2.24) is 4.90 Å². The fraction of sp³-hybridized carbons (Fsp3) is 0.500. The molecular weight excluding hydrogens is 214 g/mol. The number of ether oxygens (including phenoxy) is 1. The van der Waals surface area contributed by atoms with Crippen molar-refractivity contribution in [3.05, 3.63) is 29.3 Å². The van der Waals surface area contributed by atoms with E-state index in [0.29, 0.717) is 12.5 Å². The normalized spacial score (nSPS) is 14.5. The Bertz CT molecular complexity index is 424. The summed E-state index contributed by atoms with van der Waals surface area (Å²) >= 11 is 0. The Kier molecular flexibility index (Phi) is 3.36. The fourth-order valence-electron chi connectivity index (χ4n) is 2.02. The molecule has 0 unspecified atom stereocenters. The van der Waals surface area contributed by atoms with E-state index in [4.69, 9.17) is 4.74 Å². The number of carbonyl (C=O) groups is 1. The zero-order valence-electron chi connectivity index (χ0n) is 10.7. The average molecular weight is 233 g/mol. The van der Waals surface area contributed by atoms with Crippen LogP contribution in [0.2, 0.25) is 0 Å². The highest BCUT2D eigenvalue weighted by Crippen LogP contribution is 2.26. The van der Waals surface area contributed by atoms with Gasteiger partial charge in [0.15, 0.2) is 0 Å². The lowest BCUT2D eigenvalue weighted by atomic mass is 10.1. The number of rotatable bonds is 4. The van der Waals surface area contributed by atoms with Crippen LogP contribution in [0.4, 0.5) is 0 Å². The van der Waals surface area contributed by atoms with Crippen molar-refractivity contribution >= 4 is 5.91 Å². The summed E-state index contributed by atoms with van der Waals surface area (Å²) in [5.74, 6) is 1.08. The average Bonchev–Trinajstić information content (AvgIpc) is 3.12. The molecule has 1 aliphatic rings. The molecule has 1 aromatic rings. The van der Waals surface area contributed by atoms with Crippen molar-refractivity contribution in [2.75, 3.05) is 14.2 Å². The van der Waals surface area contributed by atoms with E-state index in [1.165, 1.54) is 0 Å². The van der Waals surface area contributed by atoms with Gasteiger partial charge in [-0.3, -0.25) is 4.79 Å². The number of aryl methyl sites for hydroxylation is 1. The van der Waals surface area contributed by atoms with Crippen LogP contribution in [0.25, 0.3) is 0 Å². The molecule has 17 heavy (non-hydrogen) atoms. The van der Waals surface area contributed by atoms with Gasteiger partial charge in [0.1, 0.15) is 5.75 Å². The standard InChI is InChI=1S/C14H19NO2/c1-10-8-11(4-7-13(10)17-3)9-14(16)15(2)12-5-6-12/h4,7-8,12H,5-6,9H2,1-3H3. The Balaban J connectivity index is 2.02. The van der Waals surface area contributed by atoms with Crippen LogP contribution in [0.15, 0.2) is 18.2 Å². The van der Waals surface area contributed by atoms with Crippen molar-refractivity contribution in [3.63, 3.8) is 0 Å². The number of amides is 1. The Labute approximate surface area is 102 Å². The third-order valence-corrected chi connectivity index (χ3v) is 3.30. The van der Waals surface area contributed by atoms with E-state index in [0.717, 1.165) is 29.7 Å². The lowest BCUT2D eigenvalue weighted by molar-refractivity contribution is -0.129. The van der Waals surface area contributed by atoms with Crippen molar-refractivity contribution < 1.29 is 9.53 Å². The van der Waals surface area contributed by atoms with Gasteiger partial charge in [-0.05, 0) is 37.0 Å². The summed E-state index contributed by atoms with van der Waals surface area (Å²) in [4.78, 5) is 13.8. The minimum Gasteiger partial charge on any atom is -0.496 e. The highest BCUT2D eigenvalue weighted by Gasteiger charge is 2.29. The molecule has 92 valence electrons. The Morgan fingerprint density at radius 3 is 2.71 bits per heavy atom. The van der Waals surface area contributed by atoms with Crippen LogP contribution in [-0.4, -0.2) is 31.0 Å². The molecule has 0 aliphatic heterocycles. The van der Waals surface area contributed by atoms with Crippen LogP contribution in [0, 0.1) is 6.92 Å². The molecule has 0 radical (unpaired) electrons. The molecular formula is C14H19NO2. The highest BCUT2D eigenvalue weighted by molar-refractivity contribution is 5.79. The second-order valence-electron chi connectivity index (χ2n) is 4.72. The van der Waals surface area contributed by atoms with Gasteiger partial charge in [0.25, 0.3) is 0 Å². The molecule has 0 atom stereocenters. The van der Waals surface area contributed by atoms with Gasteiger partial charge < -0.3 is 9.64 Å². The molecule has 1 aliphatic carbocycles. The maximum Gasteiger partial charge on any atom is 0.226 e. The van der Waals surface area contributed by atoms with Gasteiger partial charge in [0, 0.05) is 13.1 Å². The van der Waals surface area contributed by atoms with Crippen LogP contribution in [-0.2, 0) is 11.2 Å². The van der Waals surface area contributed by atoms with E-state index in [1.54, 1.807) is 7.11 Å². The molecule has 3 heteroatoms. The first-order valence-electron chi connectivity index (χ1n) is 6.01. The van der Waals surface area contributed by atoms with Gasteiger partial charge in [-0.2, -0.15) is 0 Å². The molecule has 2 rings (SSSR count). The van der Waals surface area contributed by atoms with Gasteiger partial charge in [-0.15, -0.1) is 0 Å². The third kappa shape index (κ3) is 2.78. The van der Waals surface area contributed by atoms with Crippen LogP contribution in [0.3, 0.4) is 0 Å². The molecule has 0 spiro atoms. The van der Waals surface area contributed by atoms with E-state index in [2.05, 4.69) is 0 Å². The van der Waals surface area contributed by atoms with E-state index in [9.17, 15) is 4.79 Å². The zero-order valence-corrected chi connectivity index (χ0v) is 10.7. The first kappa shape index (κ1) is 12.0. The van der Waals surface area contributed by atoms with Gasteiger partial charge in [0.2, 0.25) is 5.91 Å². The monoisotopic (exact) mass is 233 g/mol. The summed E-state index contributed by atoms with van der Waals surface area (Å²) in [6.07, 6.45) is 2.80. The van der Waals surface area contributed by atoms with Crippen LogP contribution in [0.5, 0.6) is 5.75 Å². The van der Waals surface area contributed by atoms with Crippen molar-refractivity contribution in [2.45, 2.75) is 32.2 Å². The molecule has 1 fully saturated rings. The van der Waals surface area contributed by atoms with Crippen LogP contribution in [0.1, 0.15) is 24.0 Å². The lowest BCUT2D eigenvalue weighted by Gasteiger charge is -2.16. The highest BCUT2D eigenvalue weighted by atomic mass is 16.5. The summed E-state index contributed by atoms with van der Waals surface area (Å²) < 4.78 is 5.21. The molecule has 1 saturated carbocycles. The molecule has 0 aromatic heterocycles. The molecule has 0 saturated heterocycles. The summed E-state index contributed by atoms with van der Waals surface area (Å²) in [5.41, 5.74) is 2.13. The molecule has 0 N–H and O–H groups in total. The predicted octanol–water partition coefficient (Wildman–Crippen LogP) is 2.17. The van der Waals surface area contributed by atoms with Crippen molar-refractivity contribution in [1.29, 1.82) is 0 Å². The third-order valence-electron chi connectivity index (χ3n) is 3.30. The molecule has 3 nitrogen and oxygen atoms in total. The van der Waals surface area contributed by atoms with E-state index in [-0.39, 0.29) is 5.91 Å².